The molecule has 0 spiro atoms. The molecule has 4 rings (SSSR count). The minimum atomic E-state index is -0.0650. The molecule has 4 aromatic rings. The van der Waals surface area contributed by atoms with Crippen LogP contribution in [0.2, 0.25) is 0 Å². The van der Waals surface area contributed by atoms with Gasteiger partial charge in [-0.25, -0.2) is 0 Å². The maximum Gasteiger partial charge on any atom is 0.200 e. The lowest BCUT2D eigenvalue weighted by molar-refractivity contribution is 0.415. The maximum atomic E-state index is 6.01. The van der Waals surface area contributed by atoms with Crippen LogP contribution in [0.15, 0.2) is 34.7 Å². The minimum Gasteiger partial charge on any atom is -0.497 e. The van der Waals surface area contributed by atoms with Gasteiger partial charge >= 0.3 is 0 Å². The highest BCUT2D eigenvalue weighted by atomic mass is 16.5. The summed E-state index contributed by atoms with van der Waals surface area (Å²) >= 11 is 0. The molecular weight excluding hydrogens is 308 g/mol. The number of furan rings is 1. The Bertz CT molecular complexity index is 1020. The van der Waals surface area contributed by atoms with Crippen molar-refractivity contribution in [2.45, 2.75) is 19.9 Å². The summed E-state index contributed by atoms with van der Waals surface area (Å²) in [6.07, 6.45) is 0. The number of fused-ring (bicyclic) bond motifs is 2. The van der Waals surface area contributed by atoms with Crippen LogP contribution in [0.4, 0.5) is 5.82 Å². The number of aromatic nitrogens is 5. The molecule has 0 bridgehead atoms. The van der Waals surface area contributed by atoms with Gasteiger partial charge in [-0.15, -0.1) is 14.8 Å². The summed E-state index contributed by atoms with van der Waals surface area (Å²) in [4.78, 5) is 0. The fourth-order valence-electron chi connectivity index (χ4n) is 2.77. The van der Waals surface area contributed by atoms with Gasteiger partial charge < -0.3 is 14.5 Å². The van der Waals surface area contributed by atoms with Crippen molar-refractivity contribution in [3.05, 3.63) is 41.7 Å². The number of nitrogens with one attached hydrogen (secondary N) is 1. The van der Waals surface area contributed by atoms with Gasteiger partial charge in [0, 0.05) is 10.9 Å². The Balaban J connectivity index is 1.67. The summed E-state index contributed by atoms with van der Waals surface area (Å²) < 4.78 is 12.7. The first-order valence-electron chi connectivity index (χ1n) is 7.54. The molecule has 24 heavy (non-hydrogen) atoms. The van der Waals surface area contributed by atoms with E-state index in [0.717, 1.165) is 28.0 Å². The fraction of sp³-hybridized carbons (Fsp3) is 0.250. The van der Waals surface area contributed by atoms with Gasteiger partial charge in [0.05, 0.1) is 13.2 Å². The van der Waals surface area contributed by atoms with E-state index in [1.807, 2.05) is 38.1 Å². The second-order valence-electron chi connectivity index (χ2n) is 5.56. The number of anilines is 1. The third-order valence-electron chi connectivity index (χ3n) is 4.01. The van der Waals surface area contributed by atoms with Crippen molar-refractivity contribution in [3.8, 4) is 5.75 Å². The monoisotopic (exact) mass is 324 g/mol. The van der Waals surface area contributed by atoms with Gasteiger partial charge in [-0.1, -0.05) is 0 Å². The van der Waals surface area contributed by atoms with E-state index in [1.165, 1.54) is 4.63 Å². The number of ether oxygens (including phenoxy) is 1. The number of benzene rings is 1. The van der Waals surface area contributed by atoms with Gasteiger partial charge in [-0.3, -0.25) is 0 Å². The smallest absolute Gasteiger partial charge is 0.200 e. The van der Waals surface area contributed by atoms with E-state index in [1.54, 1.807) is 13.2 Å². The largest absolute Gasteiger partial charge is 0.497 e. The summed E-state index contributed by atoms with van der Waals surface area (Å²) in [5.41, 5.74) is 2.51. The first-order valence-corrected chi connectivity index (χ1v) is 7.54. The van der Waals surface area contributed by atoms with Gasteiger partial charge in [0.1, 0.15) is 22.9 Å². The van der Waals surface area contributed by atoms with Crippen LogP contribution in [0.25, 0.3) is 16.6 Å². The number of hydrogen-bond donors (Lipinski definition) is 1. The molecule has 0 fully saturated rings. The van der Waals surface area contributed by atoms with Crippen LogP contribution in [0, 0.1) is 6.92 Å². The molecule has 8 heteroatoms. The highest BCUT2D eigenvalue weighted by Crippen LogP contribution is 2.32. The topological polar surface area (TPSA) is 90.4 Å². The first kappa shape index (κ1) is 14.4. The van der Waals surface area contributed by atoms with Crippen molar-refractivity contribution in [1.82, 2.24) is 25.3 Å². The van der Waals surface area contributed by atoms with E-state index in [0.29, 0.717) is 11.5 Å². The molecule has 0 saturated heterocycles. The molecule has 0 saturated carbocycles. The lowest BCUT2D eigenvalue weighted by Crippen LogP contribution is -2.10. The molecule has 1 atom stereocenters. The van der Waals surface area contributed by atoms with Crippen LogP contribution in [0.3, 0.4) is 0 Å². The average molecular weight is 324 g/mol. The molecular formula is C16H16N6O2. The maximum absolute atomic E-state index is 6.01. The van der Waals surface area contributed by atoms with Gasteiger partial charge in [-0.2, -0.15) is 0 Å². The predicted octanol–water partition coefficient (Wildman–Crippen LogP) is 2.76. The molecule has 1 unspecified atom stereocenters. The Hall–Kier alpha value is -3.16. The number of aryl methyl sites for hydroxylation is 1. The van der Waals surface area contributed by atoms with Crippen LogP contribution in [-0.2, 0) is 0 Å². The third kappa shape index (κ3) is 2.32. The standard InChI is InChI=1S/C16H16N6O2/c1-9-12-8-11(23-3)4-5-13(12)24-16(9)10(2)17-14-6-7-15-18-20-21-22(15)19-14/h4-8,10H,1-3H3,(H,17,19). The predicted molar refractivity (Wildman–Crippen MR) is 88.1 cm³/mol. The number of methoxy groups -OCH3 is 1. The molecule has 3 heterocycles. The number of nitrogens with zero attached hydrogens (tertiary/aromatic N) is 5. The SMILES string of the molecule is COc1ccc2oc(C(C)Nc3ccc4nnnn4n3)c(C)c2c1. The lowest BCUT2D eigenvalue weighted by atomic mass is 10.1. The zero-order chi connectivity index (χ0) is 16.7. The van der Waals surface area contributed by atoms with E-state index in [4.69, 9.17) is 9.15 Å². The van der Waals surface area contributed by atoms with Crippen molar-refractivity contribution < 1.29 is 9.15 Å². The Morgan fingerprint density at radius 1 is 1.25 bits per heavy atom. The summed E-state index contributed by atoms with van der Waals surface area (Å²) in [5.74, 6) is 2.33. The van der Waals surface area contributed by atoms with Gasteiger partial charge in [0.25, 0.3) is 0 Å². The second-order valence-corrected chi connectivity index (χ2v) is 5.56. The van der Waals surface area contributed by atoms with Crippen molar-refractivity contribution in [2.24, 2.45) is 0 Å². The third-order valence-corrected chi connectivity index (χ3v) is 4.01. The van der Waals surface area contributed by atoms with Crippen LogP contribution >= 0.6 is 0 Å². The van der Waals surface area contributed by atoms with E-state index in [-0.39, 0.29) is 6.04 Å². The summed E-state index contributed by atoms with van der Waals surface area (Å²) in [6, 6.07) is 9.37. The molecule has 0 aliphatic carbocycles. The van der Waals surface area contributed by atoms with E-state index < -0.39 is 0 Å². The number of hydrogen-bond acceptors (Lipinski definition) is 7. The molecule has 0 radical (unpaired) electrons. The lowest BCUT2D eigenvalue weighted by Gasteiger charge is -2.12. The van der Waals surface area contributed by atoms with E-state index in [2.05, 4.69) is 25.9 Å². The first-order chi connectivity index (χ1) is 11.7. The summed E-state index contributed by atoms with van der Waals surface area (Å²) in [7, 11) is 1.66. The summed E-state index contributed by atoms with van der Waals surface area (Å²) in [5, 5.41) is 19.9. The Labute approximate surface area is 137 Å². The Morgan fingerprint density at radius 3 is 2.96 bits per heavy atom. The quantitative estimate of drug-likeness (QED) is 0.617. The molecule has 8 nitrogen and oxygen atoms in total. The van der Waals surface area contributed by atoms with Crippen LogP contribution in [0.1, 0.15) is 24.3 Å². The van der Waals surface area contributed by atoms with Gasteiger partial charge in [0.2, 0.25) is 0 Å². The fourth-order valence-corrected chi connectivity index (χ4v) is 2.77. The average Bonchev–Trinajstić information content (AvgIpc) is 3.18. The minimum absolute atomic E-state index is 0.0650. The highest BCUT2D eigenvalue weighted by Gasteiger charge is 2.17. The molecule has 3 aromatic heterocycles. The van der Waals surface area contributed by atoms with Crippen molar-refractivity contribution in [3.63, 3.8) is 0 Å². The molecule has 0 amide bonds. The van der Waals surface area contributed by atoms with Gasteiger partial charge in [-0.05, 0) is 54.6 Å². The van der Waals surface area contributed by atoms with E-state index in [9.17, 15) is 0 Å². The van der Waals surface area contributed by atoms with Crippen LogP contribution in [0.5, 0.6) is 5.75 Å². The highest BCUT2D eigenvalue weighted by molar-refractivity contribution is 5.83. The summed E-state index contributed by atoms with van der Waals surface area (Å²) in [6.45, 7) is 4.06. The second kappa shape index (κ2) is 5.48. The molecule has 122 valence electrons. The Kier molecular flexibility index (Phi) is 3.30. The van der Waals surface area contributed by atoms with Gasteiger partial charge in [0.15, 0.2) is 5.65 Å². The molecule has 0 aliphatic heterocycles. The van der Waals surface area contributed by atoms with E-state index >= 15 is 0 Å². The van der Waals surface area contributed by atoms with Crippen molar-refractivity contribution >= 4 is 22.4 Å². The molecule has 1 N–H and O–H groups in total. The number of tetrazole rings is 1. The number of rotatable bonds is 4. The van der Waals surface area contributed by atoms with Crippen molar-refractivity contribution in [2.75, 3.05) is 12.4 Å². The molecule has 0 aliphatic rings. The zero-order valence-corrected chi connectivity index (χ0v) is 13.5. The van der Waals surface area contributed by atoms with Crippen LogP contribution < -0.4 is 10.1 Å². The Morgan fingerprint density at radius 2 is 2.12 bits per heavy atom. The van der Waals surface area contributed by atoms with Crippen molar-refractivity contribution in [1.29, 1.82) is 0 Å². The van der Waals surface area contributed by atoms with Crippen LogP contribution in [-0.4, -0.2) is 32.4 Å². The normalized spacial score (nSPS) is 12.6. The zero-order valence-electron chi connectivity index (χ0n) is 13.5. The molecule has 1 aromatic carbocycles.